The number of nitrogens with zero attached hydrogens (tertiary/aromatic N) is 2. The zero-order valence-corrected chi connectivity index (χ0v) is 15.2. The Morgan fingerprint density at radius 3 is 2.63 bits per heavy atom. The first-order valence-corrected chi connectivity index (χ1v) is 9.76. The maximum atomic E-state index is 12.9. The van der Waals surface area contributed by atoms with Crippen LogP contribution in [0.15, 0.2) is 36.5 Å². The molecule has 2 aliphatic heterocycles. The third-order valence-electron chi connectivity index (χ3n) is 5.60. The molecule has 0 radical (unpaired) electrons. The molecule has 1 spiro atoms. The highest BCUT2D eigenvalue weighted by Gasteiger charge is 2.44. The molecule has 1 aliphatic carbocycles. The number of carbonyl (C=O) groups is 1. The SMILES string of the molecule is O=C(Nc1ccc2c(c1)OC1(CCCC1)O2)c1cccnc1N1CCCC1. The van der Waals surface area contributed by atoms with E-state index < -0.39 is 5.79 Å². The van der Waals surface area contributed by atoms with Crippen molar-refractivity contribution in [1.29, 1.82) is 0 Å². The summed E-state index contributed by atoms with van der Waals surface area (Å²) in [5.41, 5.74) is 1.30. The van der Waals surface area contributed by atoms with Crippen molar-refractivity contribution >= 4 is 17.4 Å². The number of rotatable bonds is 3. The number of aromatic nitrogens is 1. The van der Waals surface area contributed by atoms with Crippen molar-refractivity contribution < 1.29 is 14.3 Å². The van der Waals surface area contributed by atoms with Gasteiger partial charge in [-0.05, 0) is 49.9 Å². The van der Waals surface area contributed by atoms with Gasteiger partial charge >= 0.3 is 0 Å². The van der Waals surface area contributed by atoms with E-state index in [-0.39, 0.29) is 5.91 Å². The van der Waals surface area contributed by atoms with Crippen LogP contribution in [0, 0.1) is 0 Å². The first kappa shape index (κ1) is 16.4. The predicted octanol–water partition coefficient (Wildman–Crippen LogP) is 3.98. The van der Waals surface area contributed by atoms with Gasteiger partial charge in [0.2, 0.25) is 0 Å². The van der Waals surface area contributed by atoms with Crippen LogP contribution in [-0.4, -0.2) is 29.8 Å². The van der Waals surface area contributed by atoms with Gasteiger partial charge in [-0.1, -0.05) is 0 Å². The van der Waals surface area contributed by atoms with Crippen LogP contribution in [0.2, 0.25) is 0 Å². The summed E-state index contributed by atoms with van der Waals surface area (Å²) in [4.78, 5) is 19.5. The number of fused-ring (bicyclic) bond motifs is 1. The second-order valence-corrected chi connectivity index (χ2v) is 7.51. The van der Waals surface area contributed by atoms with Gasteiger partial charge in [0.05, 0.1) is 5.56 Å². The van der Waals surface area contributed by atoms with Crippen molar-refractivity contribution in [2.24, 2.45) is 0 Å². The molecule has 1 aromatic carbocycles. The van der Waals surface area contributed by atoms with Crippen molar-refractivity contribution in [2.75, 3.05) is 23.3 Å². The average Bonchev–Trinajstić information content (AvgIpc) is 3.43. The Balaban J connectivity index is 1.36. The molecular formula is C21H23N3O3. The lowest BCUT2D eigenvalue weighted by Gasteiger charge is -2.21. The van der Waals surface area contributed by atoms with Gasteiger partial charge in [0, 0.05) is 43.9 Å². The maximum Gasteiger partial charge on any atom is 0.259 e. The Kier molecular flexibility index (Phi) is 3.92. The summed E-state index contributed by atoms with van der Waals surface area (Å²) in [7, 11) is 0. The van der Waals surface area contributed by atoms with Gasteiger partial charge < -0.3 is 19.7 Å². The monoisotopic (exact) mass is 365 g/mol. The molecule has 2 fully saturated rings. The van der Waals surface area contributed by atoms with Gasteiger partial charge in [0.1, 0.15) is 5.82 Å². The van der Waals surface area contributed by atoms with E-state index in [0.29, 0.717) is 17.0 Å². The maximum absolute atomic E-state index is 12.9. The third kappa shape index (κ3) is 2.99. The topological polar surface area (TPSA) is 63.7 Å². The molecule has 6 heteroatoms. The molecule has 3 aliphatic rings. The van der Waals surface area contributed by atoms with E-state index in [4.69, 9.17) is 9.47 Å². The number of amides is 1. The molecule has 0 unspecified atom stereocenters. The Morgan fingerprint density at radius 1 is 1.04 bits per heavy atom. The van der Waals surface area contributed by atoms with E-state index >= 15 is 0 Å². The lowest BCUT2D eigenvalue weighted by Crippen LogP contribution is -2.34. The van der Waals surface area contributed by atoms with Crippen LogP contribution >= 0.6 is 0 Å². The smallest absolute Gasteiger partial charge is 0.259 e. The van der Waals surface area contributed by atoms with E-state index in [9.17, 15) is 4.79 Å². The predicted molar refractivity (Wildman–Crippen MR) is 103 cm³/mol. The highest BCUT2D eigenvalue weighted by Crippen LogP contribution is 2.47. The van der Waals surface area contributed by atoms with Crippen LogP contribution in [0.3, 0.4) is 0 Å². The normalized spacial score (nSPS) is 19.6. The molecule has 3 heterocycles. The average molecular weight is 365 g/mol. The first-order valence-electron chi connectivity index (χ1n) is 9.76. The van der Waals surface area contributed by atoms with Crippen molar-refractivity contribution in [3.63, 3.8) is 0 Å². The van der Waals surface area contributed by atoms with E-state index in [1.807, 2.05) is 24.3 Å². The van der Waals surface area contributed by atoms with Crippen LogP contribution in [-0.2, 0) is 0 Å². The Bertz CT molecular complexity index is 871. The van der Waals surface area contributed by atoms with Crippen molar-refractivity contribution in [3.05, 3.63) is 42.1 Å². The molecule has 5 rings (SSSR count). The minimum Gasteiger partial charge on any atom is -0.448 e. The number of benzene rings is 1. The second kappa shape index (κ2) is 6.44. The summed E-state index contributed by atoms with van der Waals surface area (Å²) in [6.07, 6.45) is 8.10. The molecule has 1 saturated carbocycles. The van der Waals surface area contributed by atoms with E-state index in [2.05, 4.69) is 15.2 Å². The molecule has 6 nitrogen and oxygen atoms in total. The zero-order valence-electron chi connectivity index (χ0n) is 15.2. The van der Waals surface area contributed by atoms with Crippen molar-refractivity contribution in [2.45, 2.75) is 44.3 Å². The summed E-state index contributed by atoms with van der Waals surface area (Å²) < 4.78 is 12.1. The standard InChI is InChI=1S/C21H23N3O3/c25-20(16-6-5-11-22-19(16)24-12-3-4-13-24)23-15-7-8-17-18(14-15)27-21(26-17)9-1-2-10-21/h5-8,11,14H,1-4,9-10,12-13H2,(H,23,25). The zero-order chi connectivity index (χ0) is 18.3. The van der Waals surface area contributed by atoms with Gasteiger partial charge in [-0.15, -0.1) is 0 Å². The lowest BCUT2D eigenvalue weighted by atomic mass is 10.2. The summed E-state index contributed by atoms with van der Waals surface area (Å²) in [6, 6.07) is 9.23. The molecule has 0 bridgehead atoms. The molecule has 27 heavy (non-hydrogen) atoms. The lowest BCUT2D eigenvalue weighted by molar-refractivity contribution is -0.0716. The quantitative estimate of drug-likeness (QED) is 0.891. The van der Waals surface area contributed by atoms with Gasteiger partial charge in [0.25, 0.3) is 11.7 Å². The Hall–Kier alpha value is -2.76. The van der Waals surface area contributed by atoms with Crippen LogP contribution in [0.1, 0.15) is 48.9 Å². The van der Waals surface area contributed by atoms with E-state index in [1.54, 1.807) is 12.3 Å². The number of hydrogen-bond donors (Lipinski definition) is 1. The molecule has 2 aromatic rings. The van der Waals surface area contributed by atoms with Crippen molar-refractivity contribution in [3.8, 4) is 11.5 Å². The van der Waals surface area contributed by atoms with Gasteiger partial charge in [-0.3, -0.25) is 4.79 Å². The van der Waals surface area contributed by atoms with Gasteiger partial charge in [-0.25, -0.2) is 4.98 Å². The van der Waals surface area contributed by atoms with E-state index in [1.165, 1.54) is 0 Å². The first-order chi connectivity index (χ1) is 13.2. The largest absolute Gasteiger partial charge is 0.448 e. The molecule has 1 N–H and O–H groups in total. The number of carbonyl (C=O) groups excluding carboxylic acids is 1. The minimum atomic E-state index is -0.489. The fourth-order valence-electron chi connectivity index (χ4n) is 4.24. The number of pyridine rings is 1. The summed E-state index contributed by atoms with van der Waals surface area (Å²) in [6.45, 7) is 1.90. The molecule has 1 aromatic heterocycles. The van der Waals surface area contributed by atoms with Gasteiger partial charge in [-0.2, -0.15) is 0 Å². The van der Waals surface area contributed by atoms with Crippen LogP contribution < -0.4 is 19.7 Å². The number of ether oxygens (including phenoxy) is 2. The fourth-order valence-corrected chi connectivity index (χ4v) is 4.24. The summed E-state index contributed by atoms with van der Waals surface area (Å²) in [5, 5.41) is 2.99. The van der Waals surface area contributed by atoms with Crippen LogP contribution in [0.5, 0.6) is 11.5 Å². The molecule has 140 valence electrons. The van der Waals surface area contributed by atoms with Gasteiger partial charge in [0.15, 0.2) is 11.5 Å². The number of anilines is 2. The van der Waals surface area contributed by atoms with Crippen LogP contribution in [0.4, 0.5) is 11.5 Å². The molecule has 1 amide bonds. The highest BCUT2D eigenvalue weighted by atomic mass is 16.7. The molecular weight excluding hydrogens is 342 g/mol. The Morgan fingerprint density at radius 2 is 1.81 bits per heavy atom. The molecule has 0 atom stereocenters. The highest BCUT2D eigenvalue weighted by molar-refractivity contribution is 6.07. The summed E-state index contributed by atoms with van der Waals surface area (Å²) in [5.74, 6) is 1.59. The van der Waals surface area contributed by atoms with Crippen LogP contribution in [0.25, 0.3) is 0 Å². The second-order valence-electron chi connectivity index (χ2n) is 7.51. The number of nitrogens with one attached hydrogen (secondary N) is 1. The molecule has 1 saturated heterocycles. The third-order valence-corrected chi connectivity index (χ3v) is 5.60. The Labute approximate surface area is 158 Å². The minimum absolute atomic E-state index is 0.153. The van der Waals surface area contributed by atoms with E-state index in [0.717, 1.165) is 63.2 Å². The number of hydrogen-bond acceptors (Lipinski definition) is 5. The fraction of sp³-hybridized carbons (Fsp3) is 0.429. The van der Waals surface area contributed by atoms with Crippen molar-refractivity contribution in [1.82, 2.24) is 4.98 Å². The summed E-state index contributed by atoms with van der Waals surface area (Å²) >= 11 is 0.